The molecule has 13 heavy (non-hydrogen) atoms. The highest BCUT2D eigenvalue weighted by Crippen LogP contribution is 2.28. The van der Waals surface area contributed by atoms with E-state index in [-0.39, 0.29) is 5.78 Å². The molecule has 0 radical (unpaired) electrons. The van der Waals surface area contributed by atoms with E-state index in [0.29, 0.717) is 12.3 Å². The van der Waals surface area contributed by atoms with Gasteiger partial charge in [-0.05, 0) is 36.1 Å². The third-order valence-electron chi connectivity index (χ3n) is 2.29. The van der Waals surface area contributed by atoms with Gasteiger partial charge in [-0.2, -0.15) is 0 Å². The fraction of sp³-hybridized carbons (Fsp3) is 0.364. The van der Waals surface area contributed by atoms with Crippen LogP contribution >= 0.6 is 0 Å². The summed E-state index contributed by atoms with van der Waals surface area (Å²) in [6, 6.07) is 3.75. The largest absolute Gasteiger partial charge is 0.465 e. The first-order chi connectivity index (χ1) is 6.25. The number of furan rings is 1. The highest BCUT2D eigenvalue weighted by atomic mass is 16.3. The van der Waals surface area contributed by atoms with Gasteiger partial charge in [-0.25, -0.2) is 0 Å². The van der Waals surface area contributed by atoms with Gasteiger partial charge < -0.3 is 4.42 Å². The quantitative estimate of drug-likeness (QED) is 0.658. The molecule has 0 bridgehead atoms. The molecule has 0 amide bonds. The number of carbonyl (C=O) groups is 1. The Labute approximate surface area is 77.2 Å². The topological polar surface area (TPSA) is 30.2 Å². The van der Waals surface area contributed by atoms with Gasteiger partial charge in [0.15, 0.2) is 5.78 Å². The van der Waals surface area contributed by atoms with E-state index < -0.39 is 0 Å². The second-order valence-electron chi connectivity index (χ2n) is 3.63. The Morgan fingerprint density at radius 2 is 2.31 bits per heavy atom. The maximum Gasteiger partial charge on any atom is 0.156 e. The van der Waals surface area contributed by atoms with E-state index in [1.54, 1.807) is 12.3 Å². The lowest BCUT2D eigenvalue weighted by molar-refractivity contribution is -0.115. The van der Waals surface area contributed by atoms with E-state index in [1.807, 2.05) is 12.1 Å². The van der Waals surface area contributed by atoms with Crippen molar-refractivity contribution in [3.63, 3.8) is 0 Å². The third-order valence-corrected chi connectivity index (χ3v) is 2.29. The lowest BCUT2D eigenvalue weighted by Gasteiger charge is -2.16. The van der Waals surface area contributed by atoms with Gasteiger partial charge in [0.25, 0.3) is 0 Å². The van der Waals surface area contributed by atoms with Gasteiger partial charge in [0.2, 0.25) is 0 Å². The Morgan fingerprint density at radius 3 is 2.92 bits per heavy atom. The molecule has 1 atom stereocenters. The van der Waals surface area contributed by atoms with Crippen LogP contribution in [0.2, 0.25) is 0 Å². The number of hydrogen-bond donors (Lipinski definition) is 0. The minimum atomic E-state index is 0.213. The normalized spacial score (nSPS) is 23.0. The van der Waals surface area contributed by atoms with Crippen molar-refractivity contribution in [1.82, 2.24) is 0 Å². The van der Waals surface area contributed by atoms with Crippen LogP contribution in [0.1, 0.15) is 25.5 Å². The molecule has 2 rings (SSSR count). The molecule has 0 saturated heterocycles. The Morgan fingerprint density at radius 1 is 1.46 bits per heavy atom. The molecule has 1 aromatic heterocycles. The number of hydrogen-bond acceptors (Lipinski definition) is 2. The summed E-state index contributed by atoms with van der Waals surface area (Å²) in [5.41, 5.74) is 1.04. The van der Waals surface area contributed by atoms with Crippen LogP contribution in [0.5, 0.6) is 0 Å². The molecule has 0 N–H and O–H groups in total. The zero-order valence-corrected chi connectivity index (χ0v) is 7.62. The van der Waals surface area contributed by atoms with Crippen molar-refractivity contribution in [3.05, 3.63) is 30.2 Å². The number of carbonyl (C=O) groups excluding carboxylic acids is 1. The van der Waals surface area contributed by atoms with Gasteiger partial charge in [0.05, 0.1) is 6.26 Å². The average Bonchev–Trinajstić information content (AvgIpc) is 2.53. The first kappa shape index (κ1) is 8.30. The predicted octanol–water partition coefficient (Wildman–Crippen LogP) is 2.66. The third kappa shape index (κ3) is 1.72. The molecule has 0 fully saturated rings. The molecule has 68 valence electrons. The summed E-state index contributed by atoms with van der Waals surface area (Å²) in [7, 11) is 0. The zero-order chi connectivity index (χ0) is 9.26. The van der Waals surface area contributed by atoms with Crippen LogP contribution in [0.15, 0.2) is 28.9 Å². The minimum Gasteiger partial charge on any atom is -0.465 e. The second-order valence-corrected chi connectivity index (χ2v) is 3.63. The van der Waals surface area contributed by atoms with E-state index >= 15 is 0 Å². The standard InChI is InChI=1S/C11H12O2/c1-8-5-9(7-10(12)6-8)11-3-2-4-13-11/h2-4,7-8H,5-6H2,1H3. The van der Waals surface area contributed by atoms with Crippen molar-refractivity contribution in [2.24, 2.45) is 5.92 Å². The van der Waals surface area contributed by atoms with Crippen molar-refractivity contribution in [1.29, 1.82) is 0 Å². The van der Waals surface area contributed by atoms with Crippen molar-refractivity contribution < 1.29 is 9.21 Å². The van der Waals surface area contributed by atoms with Gasteiger partial charge >= 0.3 is 0 Å². The van der Waals surface area contributed by atoms with E-state index in [0.717, 1.165) is 17.8 Å². The van der Waals surface area contributed by atoms with Crippen LogP contribution in [0, 0.1) is 5.92 Å². The van der Waals surface area contributed by atoms with Gasteiger partial charge in [-0.1, -0.05) is 6.92 Å². The highest BCUT2D eigenvalue weighted by molar-refractivity contribution is 5.98. The molecule has 0 spiro atoms. The Bertz CT molecular complexity index is 333. The number of ketones is 1. The summed E-state index contributed by atoms with van der Waals surface area (Å²) in [6.07, 6.45) is 4.96. The van der Waals surface area contributed by atoms with Crippen LogP contribution in [-0.4, -0.2) is 5.78 Å². The van der Waals surface area contributed by atoms with Gasteiger partial charge in [-0.3, -0.25) is 4.79 Å². The van der Waals surface area contributed by atoms with E-state index in [2.05, 4.69) is 6.92 Å². The maximum atomic E-state index is 11.3. The number of rotatable bonds is 1. The van der Waals surface area contributed by atoms with Crippen LogP contribution in [0.3, 0.4) is 0 Å². The summed E-state index contributed by atoms with van der Waals surface area (Å²) in [6.45, 7) is 2.09. The first-order valence-electron chi connectivity index (χ1n) is 4.53. The lowest BCUT2D eigenvalue weighted by atomic mass is 9.88. The fourth-order valence-electron chi connectivity index (χ4n) is 1.74. The minimum absolute atomic E-state index is 0.213. The summed E-state index contributed by atoms with van der Waals surface area (Å²) >= 11 is 0. The summed E-state index contributed by atoms with van der Waals surface area (Å²) in [5.74, 6) is 1.49. The highest BCUT2D eigenvalue weighted by Gasteiger charge is 2.18. The molecule has 1 aliphatic carbocycles. The lowest BCUT2D eigenvalue weighted by Crippen LogP contribution is -2.10. The molecule has 0 aliphatic heterocycles. The zero-order valence-electron chi connectivity index (χ0n) is 7.62. The van der Waals surface area contributed by atoms with E-state index in [1.165, 1.54) is 0 Å². The molecule has 0 aromatic carbocycles. The molecule has 1 aliphatic rings. The Hall–Kier alpha value is -1.31. The SMILES string of the molecule is CC1CC(=O)C=C(c2ccco2)C1. The van der Waals surface area contributed by atoms with Crippen molar-refractivity contribution in [2.45, 2.75) is 19.8 Å². The summed E-state index contributed by atoms with van der Waals surface area (Å²) in [5, 5.41) is 0. The van der Waals surface area contributed by atoms with Crippen molar-refractivity contribution in [2.75, 3.05) is 0 Å². The van der Waals surface area contributed by atoms with Crippen molar-refractivity contribution >= 4 is 11.4 Å². The fourth-order valence-corrected chi connectivity index (χ4v) is 1.74. The summed E-state index contributed by atoms with van der Waals surface area (Å²) < 4.78 is 5.25. The second kappa shape index (κ2) is 3.21. The van der Waals surface area contributed by atoms with Crippen molar-refractivity contribution in [3.8, 4) is 0 Å². The van der Waals surface area contributed by atoms with Crippen LogP contribution in [0.4, 0.5) is 0 Å². The molecule has 1 heterocycles. The smallest absolute Gasteiger partial charge is 0.156 e. The first-order valence-corrected chi connectivity index (χ1v) is 4.53. The monoisotopic (exact) mass is 176 g/mol. The molecular weight excluding hydrogens is 164 g/mol. The predicted molar refractivity (Wildman–Crippen MR) is 50.1 cm³/mol. The Kier molecular flexibility index (Phi) is 2.05. The molecule has 1 unspecified atom stereocenters. The van der Waals surface area contributed by atoms with E-state index in [4.69, 9.17) is 4.42 Å². The molecule has 0 saturated carbocycles. The average molecular weight is 176 g/mol. The molecular formula is C11H12O2. The van der Waals surface area contributed by atoms with E-state index in [9.17, 15) is 4.79 Å². The Balaban J connectivity index is 2.29. The maximum absolute atomic E-state index is 11.3. The number of allylic oxidation sites excluding steroid dienone is 2. The van der Waals surface area contributed by atoms with Gasteiger partial charge in [-0.15, -0.1) is 0 Å². The van der Waals surface area contributed by atoms with Crippen LogP contribution in [0.25, 0.3) is 5.57 Å². The molecule has 1 aromatic rings. The molecule has 2 heteroatoms. The summed E-state index contributed by atoms with van der Waals surface area (Å²) in [4.78, 5) is 11.3. The van der Waals surface area contributed by atoms with Crippen LogP contribution in [-0.2, 0) is 4.79 Å². The van der Waals surface area contributed by atoms with Crippen LogP contribution < -0.4 is 0 Å². The molecule has 2 nitrogen and oxygen atoms in total. The van der Waals surface area contributed by atoms with Gasteiger partial charge in [0.1, 0.15) is 5.76 Å². The van der Waals surface area contributed by atoms with Gasteiger partial charge in [0, 0.05) is 6.42 Å².